The third-order valence-corrected chi connectivity index (χ3v) is 5.46. The van der Waals surface area contributed by atoms with Crippen LogP contribution in [0.25, 0.3) is 0 Å². The lowest BCUT2D eigenvalue weighted by Crippen LogP contribution is -2.39. The van der Waals surface area contributed by atoms with Crippen molar-refractivity contribution in [1.29, 1.82) is 0 Å². The average molecular weight is 431 g/mol. The fourth-order valence-corrected chi connectivity index (χ4v) is 3.56. The molecule has 0 saturated carbocycles. The summed E-state index contributed by atoms with van der Waals surface area (Å²) in [5.74, 6) is -0.929. The van der Waals surface area contributed by atoms with Gasteiger partial charge in [0, 0.05) is 32.7 Å². The number of guanidine groups is 1. The number of halogens is 2. The van der Waals surface area contributed by atoms with Gasteiger partial charge in [0.2, 0.25) is 0 Å². The Bertz CT molecular complexity index is 868. The van der Waals surface area contributed by atoms with E-state index in [1.54, 1.807) is 6.07 Å². The SMILES string of the molecule is CCNC(=NCc1ccccc1CN1CCOCC1)NCC(C)c1ccc(F)c(F)c1. The molecule has 1 atom stereocenters. The molecule has 5 nitrogen and oxygen atoms in total. The summed E-state index contributed by atoms with van der Waals surface area (Å²) in [7, 11) is 0. The van der Waals surface area contributed by atoms with Gasteiger partial charge in [-0.05, 0) is 41.7 Å². The van der Waals surface area contributed by atoms with Crippen LogP contribution in [0.15, 0.2) is 47.5 Å². The molecule has 1 saturated heterocycles. The molecule has 1 aliphatic rings. The minimum Gasteiger partial charge on any atom is -0.379 e. The molecule has 7 heteroatoms. The van der Waals surface area contributed by atoms with Crippen molar-refractivity contribution in [3.8, 4) is 0 Å². The van der Waals surface area contributed by atoms with Gasteiger partial charge in [-0.1, -0.05) is 37.3 Å². The Hall–Kier alpha value is -2.51. The topological polar surface area (TPSA) is 48.9 Å². The molecule has 31 heavy (non-hydrogen) atoms. The molecule has 1 heterocycles. The molecule has 1 fully saturated rings. The summed E-state index contributed by atoms with van der Waals surface area (Å²) in [5, 5.41) is 6.58. The van der Waals surface area contributed by atoms with Crippen LogP contribution < -0.4 is 10.6 Å². The highest BCUT2D eigenvalue weighted by Gasteiger charge is 2.13. The summed E-state index contributed by atoms with van der Waals surface area (Å²) in [4.78, 5) is 7.15. The minimum absolute atomic E-state index is 0.00700. The van der Waals surface area contributed by atoms with Gasteiger partial charge in [-0.3, -0.25) is 4.90 Å². The summed E-state index contributed by atoms with van der Waals surface area (Å²) in [5.41, 5.74) is 3.22. The van der Waals surface area contributed by atoms with Crippen LogP contribution in [0.2, 0.25) is 0 Å². The Labute approximate surface area is 183 Å². The van der Waals surface area contributed by atoms with Crippen molar-refractivity contribution in [3.63, 3.8) is 0 Å². The maximum Gasteiger partial charge on any atom is 0.191 e. The highest BCUT2D eigenvalue weighted by atomic mass is 19.2. The molecule has 0 aliphatic carbocycles. The van der Waals surface area contributed by atoms with Gasteiger partial charge in [0.05, 0.1) is 19.8 Å². The number of aliphatic imine (C=N–C) groups is 1. The lowest BCUT2D eigenvalue weighted by molar-refractivity contribution is 0.0341. The van der Waals surface area contributed by atoms with E-state index in [1.807, 2.05) is 19.9 Å². The van der Waals surface area contributed by atoms with Crippen molar-refractivity contribution >= 4 is 5.96 Å². The second-order valence-electron chi connectivity index (χ2n) is 7.81. The van der Waals surface area contributed by atoms with Gasteiger partial charge in [-0.15, -0.1) is 0 Å². The third-order valence-electron chi connectivity index (χ3n) is 5.46. The molecular formula is C24H32F2N4O. The zero-order valence-electron chi connectivity index (χ0n) is 18.3. The third kappa shape index (κ3) is 7.01. The number of ether oxygens (including phenoxy) is 1. The van der Waals surface area contributed by atoms with E-state index in [2.05, 4.69) is 33.7 Å². The molecule has 2 aromatic rings. The van der Waals surface area contributed by atoms with E-state index in [1.165, 1.54) is 23.3 Å². The van der Waals surface area contributed by atoms with E-state index in [-0.39, 0.29) is 5.92 Å². The maximum absolute atomic E-state index is 13.5. The number of morpholine rings is 1. The number of hydrogen-bond donors (Lipinski definition) is 2. The Balaban J connectivity index is 1.62. The number of nitrogens with one attached hydrogen (secondary N) is 2. The highest BCUT2D eigenvalue weighted by molar-refractivity contribution is 5.79. The van der Waals surface area contributed by atoms with Gasteiger partial charge in [0.25, 0.3) is 0 Å². The van der Waals surface area contributed by atoms with Gasteiger partial charge in [-0.2, -0.15) is 0 Å². The standard InChI is InChI=1S/C24H32F2N4O/c1-3-27-24(28-15-18(2)19-8-9-22(25)23(26)14-19)29-16-20-6-4-5-7-21(20)17-30-10-12-31-13-11-30/h4-9,14,18H,3,10-13,15-17H2,1-2H3,(H2,27,28,29). The second kappa shape index (κ2) is 11.8. The van der Waals surface area contributed by atoms with Gasteiger partial charge in [0.1, 0.15) is 0 Å². The van der Waals surface area contributed by atoms with Crippen LogP contribution in [-0.2, 0) is 17.8 Å². The summed E-state index contributed by atoms with van der Waals surface area (Å²) in [6.45, 7) is 10.2. The van der Waals surface area contributed by atoms with Crippen LogP contribution in [0.4, 0.5) is 8.78 Å². The van der Waals surface area contributed by atoms with Crippen LogP contribution in [0, 0.1) is 11.6 Å². The predicted octanol–water partition coefficient (Wildman–Crippen LogP) is 3.66. The van der Waals surface area contributed by atoms with E-state index in [0.717, 1.165) is 45.0 Å². The van der Waals surface area contributed by atoms with Crippen LogP contribution in [0.3, 0.4) is 0 Å². The van der Waals surface area contributed by atoms with Crippen molar-refractivity contribution in [2.24, 2.45) is 4.99 Å². The molecule has 1 aliphatic heterocycles. The lowest BCUT2D eigenvalue weighted by Gasteiger charge is -2.27. The molecule has 0 aromatic heterocycles. The van der Waals surface area contributed by atoms with Crippen molar-refractivity contribution in [2.75, 3.05) is 39.4 Å². The summed E-state index contributed by atoms with van der Waals surface area (Å²) in [6.07, 6.45) is 0. The van der Waals surface area contributed by atoms with E-state index >= 15 is 0 Å². The van der Waals surface area contributed by atoms with Gasteiger partial charge in [0.15, 0.2) is 17.6 Å². The van der Waals surface area contributed by atoms with Gasteiger partial charge >= 0.3 is 0 Å². The highest BCUT2D eigenvalue weighted by Crippen LogP contribution is 2.17. The quantitative estimate of drug-likeness (QED) is 0.496. The molecule has 0 radical (unpaired) electrons. The van der Waals surface area contributed by atoms with Crippen LogP contribution in [-0.4, -0.2) is 50.3 Å². The molecular weight excluding hydrogens is 398 g/mol. The average Bonchev–Trinajstić information content (AvgIpc) is 2.79. The number of nitrogens with zero attached hydrogens (tertiary/aromatic N) is 2. The summed E-state index contributed by atoms with van der Waals surface area (Å²) in [6, 6.07) is 12.4. The van der Waals surface area contributed by atoms with E-state index in [9.17, 15) is 8.78 Å². The molecule has 0 amide bonds. The minimum atomic E-state index is -0.824. The molecule has 0 spiro atoms. The first-order chi connectivity index (χ1) is 15.1. The molecule has 3 rings (SSSR count). The van der Waals surface area contributed by atoms with Crippen LogP contribution in [0.1, 0.15) is 36.5 Å². The first-order valence-electron chi connectivity index (χ1n) is 10.9. The maximum atomic E-state index is 13.5. The largest absolute Gasteiger partial charge is 0.379 e. The number of hydrogen-bond acceptors (Lipinski definition) is 3. The first-order valence-corrected chi connectivity index (χ1v) is 10.9. The zero-order valence-corrected chi connectivity index (χ0v) is 18.3. The number of benzene rings is 2. The van der Waals surface area contributed by atoms with Crippen molar-refractivity contribution < 1.29 is 13.5 Å². The van der Waals surface area contributed by atoms with Crippen LogP contribution in [0.5, 0.6) is 0 Å². The Morgan fingerprint density at radius 1 is 1.06 bits per heavy atom. The molecule has 0 bridgehead atoms. The molecule has 2 aromatic carbocycles. The smallest absolute Gasteiger partial charge is 0.191 e. The predicted molar refractivity (Wildman–Crippen MR) is 120 cm³/mol. The number of rotatable bonds is 8. The Morgan fingerprint density at radius 2 is 1.81 bits per heavy atom. The zero-order chi connectivity index (χ0) is 22.1. The van der Waals surface area contributed by atoms with E-state index < -0.39 is 11.6 Å². The Kier molecular flexibility index (Phi) is 8.79. The monoisotopic (exact) mass is 430 g/mol. The van der Waals surface area contributed by atoms with Crippen molar-refractivity contribution in [2.45, 2.75) is 32.9 Å². The molecule has 2 N–H and O–H groups in total. The normalized spacial score (nSPS) is 16.2. The van der Waals surface area contributed by atoms with E-state index in [4.69, 9.17) is 9.73 Å². The van der Waals surface area contributed by atoms with Crippen molar-refractivity contribution in [3.05, 3.63) is 70.8 Å². The van der Waals surface area contributed by atoms with E-state index in [0.29, 0.717) is 19.0 Å². The molecule has 168 valence electrons. The molecule has 1 unspecified atom stereocenters. The second-order valence-corrected chi connectivity index (χ2v) is 7.81. The van der Waals surface area contributed by atoms with Gasteiger partial charge in [-0.25, -0.2) is 13.8 Å². The lowest BCUT2D eigenvalue weighted by atomic mass is 10.0. The first kappa shape index (κ1) is 23.2. The van der Waals surface area contributed by atoms with Gasteiger partial charge < -0.3 is 15.4 Å². The van der Waals surface area contributed by atoms with Crippen LogP contribution >= 0.6 is 0 Å². The van der Waals surface area contributed by atoms with Crippen molar-refractivity contribution in [1.82, 2.24) is 15.5 Å². The summed E-state index contributed by atoms with van der Waals surface area (Å²) < 4.78 is 32.2. The fourth-order valence-electron chi connectivity index (χ4n) is 3.56. The Morgan fingerprint density at radius 3 is 2.52 bits per heavy atom. The summed E-state index contributed by atoms with van der Waals surface area (Å²) >= 11 is 0. The fraction of sp³-hybridized carbons (Fsp3) is 0.458.